The van der Waals surface area contributed by atoms with Crippen LogP contribution in [-0.2, 0) is 0 Å². The van der Waals surface area contributed by atoms with Gasteiger partial charge in [-0.15, -0.1) is 0 Å². The molecule has 0 aliphatic carbocycles. The van der Waals surface area contributed by atoms with E-state index in [-0.39, 0.29) is 11.9 Å². The molecule has 1 unspecified atom stereocenters. The molecule has 3 aromatic rings. The molecule has 1 heterocycles. The largest absolute Gasteiger partial charge is 0.497 e. The van der Waals surface area contributed by atoms with Gasteiger partial charge in [0.05, 0.1) is 18.5 Å². The lowest BCUT2D eigenvalue weighted by Crippen LogP contribution is -2.37. The van der Waals surface area contributed by atoms with Crippen LogP contribution >= 0.6 is 0 Å². The Labute approximate surface area is 160 Å². The molecule has 5 nitrogen and oxygen atoms in total. The predicted molar refractivity (Wildman–Crippen MR) is 107 cm³/mol. The Morgan fingerprint density at radius 3 is 2.30 bits per heavy atom. The lowest BCUT2D eigenvalue weighted by molar-refractivity contribution is 0.0922. The molecule has 2 aromatic carbocycles. The minimum atomic E-state index is -0.132. The van der Waals surface area contributed by atoms with Crippen LogP contribution in [0.1, 0.15) is 31.3 Å². The minimum absolute atomic E-state index is 0.0704. The van der Waals surface area contributed by atoms with Gasteiger partial charge in [-0.05, 0) is 55.3 Å². The van der Waals surface area contributed by atoms with Crippen LogP contribution in [0.25, 0.3) is 16.9 Å². The van der Waals surface area contributed by atoms with Crippen LogP contribution in [0.3, 0.4) is 0 Å². The van der Waals surface area contributed by atoms with Gasteiger partial charge in [-0.2, -0.15) is 5.10 Å². The van der Waals surface area contributed by atoms with Crippen molar-refractivity contribution >= 4 is 5.91 Å². The molecule has 3 rings (SSSR count). The van der Waals surface area contributed by atoms with E-state index in [2.05, 4.69) is 19.2 Å². The normalized spacial score (nSPS) is 12.0. The van der Waals surface area contributed by atoms with Crippen molar-refractivity contribution in [3.05, 3.63) is 66.4 Å². The molecule has 1 atom stereocenters. The maximum atomic E-state index is 12.9. The number of aromatic nitrogens is 2. The first-order chi connectivity index (χ1) is 13.0. The van der Waals surface area contributed by atoms with Crippen molar-refractivity contribution < 1.29 is 9.53 Å². The summed E-state index contributed by atoms with van der Waals surface area (Å²) in [7, 11) is 1.64. The summed E-state index contributed by atoms with van der Waals surface area (Å²) in [5.41, 5.74) is 3.03. The second kappa shape index (κ2) is 8.08. The number of nitrogens with zero attached hydrogens (tertiary/aromatic N) is 2. The molecule has 0 saturated carbocycles. The first kappa shape index (κ1) is 18.7. The van der Waals surface area contributed by atoms with Crippen molar-refractivity contribution in [3.8, 4) is 22.7 Å². The number of hydrogen-bond acceptors (Lipinski definition) is 3. The van der Waals surface area contributed by atoms with Crippen LogP contribution in [0.4, 0.5) is 0 Å². The number of benzene rings is 2. The average Bonchev–Trinajstić information content (AvgIpc) is 3.14. The zero-order chi connectivity index (χ0) is 19.4. The summed E-state index contributed by atoms with van der Waals surface area (Å²) in [6.45, 7) is 6.18. The lowest BCUT2D eigenvalue weighted by Gasteiger charge is -2.17. The van der Waals surface area contributed by atoms with Gasteiger partial charge < -0.3 is 10.1 Å². The standard InChI is InChI=1S/C22H25N3O2/c1-15(2)16(3)23-22(26)21-14-20(17-10-12-19(27-4)13-11-17)24-25(21)18-8-6-5-7-9-18/h5-16H,1-4H3,(H,23,26). The van der Waals surface area contributed by atoms with Gasteiger partial charge in [0.15, 0.2) is 0 Å². The fourth-order valence-electron chi connectivity index (χ4n) is 2.66. The van der Waals surface area contributed by atoms with Crippen LogP contribution in [-0.4, -0.2) is 28.8 Å². The number of carbonyl (C=O) groups is 1. The van der Waals surface area contributed by atoms with Gasteiger partial charge in [0.1, 0.15) is 11.4 Å². The van der Waals surface area contributed by atoms with E-state index < -0.39 is 0 Å². The first-order valence-electron chi connectivity index (χ1n) is 9.10. The Balaban J connectivity index is 2.02. The molecule has 0 saturated heterocycles. The summed E-state index contributed by atoms with van der Waals surface area (Å²) >= 11 is 0. The maximum absolute atomic E-state index is 12.9. The number of carbonyl (C=O) groups excluding carboxylic acids is 1. The van der Waals surface area contributed by atoms with Crippen LogP contribution in [0, 0.1) is 5.92 Å². The van der Waals surface area contributed by atoms with E-state index in [9.17, 15) is 4.79 Å². The highest BCUT2D eigenvalue weighted by Crippen LogP contribution is 2.24. The summed E-state index contributed by atoms with van der Waals surface area (Å²) in [5.74, 6) is 1.00. The monoisotopic (exact) mass is 363 g/mol. The third-order valence-electron chi connectivity index (χ3n) is 4.69. The van der Waals surface area contributed by atoms with Crippen LogP contribution in [0.2, 0.25) is 0 Å². The summed E-state index contributed by atoms with van der Waals surface area (Å²) in [5, 5.41) is 7.76. The van der Waals surface area contributed by atoms with Crippen molar-refractivity contribution in [3.63, 3.8) is 0 Å². The second-order valence-corrected chi connectivity index (χ2v) is 6.90. The Morgan fingerprint density at radius 2 is 1.70 bits per heavy atom. The number of rotatable bonds is 6. The Bertz CT molecular complexity index is 899. The number of para-hydroxylation sites is 1. The minimum Gasteiger partial charge on any atom is -0.497 e. The molecule has 0 fully saturated rings. The third-order valence-corrected chi connectivity index (χ3v) is 4.69. The quantitative estimate of drug-likeness (QED) is 0.709. The topological polar surface area (TPSA) is 56.1 Å². The van der Waals surface area contributed by atoms with Crippen LogP contribution in [0.15, 0.2) is 60.7 Å². The predicted octanol–water partition coefficient (Wildman–Crippen LogP) is 4.32. The molecule has 0 spiro atoms. The highest BCUT2D eigenvalue weighted by Gasteiger charge is 2.20. The highest BCUT2D eigenvalue weighted by molar-refractivity contribution is 5.94. The van der Waals surface area contributed by atoms with E-state index in [4.69, 9.17) is 9.84 Å². The summed E-state index contributed by atoms with van der Waals surface area (Å²) in [4.78, 5) is 12.9. The molecular weight excluding hydrogens is 338 g/mol. The van der Waals surface area contributed by atoms with Crippen LogP contribution < -0.4 is 10.1 Å². The maximum Gasteiger partial charge on any atom is 0.270 e. The van der Waals surface area contributed by atoms with Gasteiger partial charge in [-0.3, -0.25) is 4.79 Å². The van der Waals surface area contributed by atoms with E-state index in [1.165, 1.54) is 0 Å². The molecule has 0 aliphatic rings. The van der Waals surface area contributed by atoms with Crippen molar-refractivity contribution in [2.45, 2.75) is 26.8 Å². The Kier molecular flexibility index (Phi) is 5.60. The Hall–Kier alpha value is -3.08. The van der Waals surface area contributed by atoms with Gasteiger partial charge in [0, 0.05) is 11.6 Å². The van der Waals surface area contributed by atoms with Crippen molar-refractivity contribution in [1.29, 1.82) is 0 Å². The van der Waals surface area contributed by atoms with Crippen molar-refractivity contribution in [1.82, 2.24) is 15.1 Å². The van der Waals surface area contributed by atoms with Crippen molar-refractivity contribution in [2.75, 3.05) is 7.11 Å². The number of nitrogens with one attached hydrogen (secondary N) is 1. The van der Waals surface area contributed by atoms with Gasteiger partial charge in [0.25, 0.3) is 5.91 Å². The molecular formula is C22H25N3O2. The first-order valence-corrected chi connectivity index (χ1v) is 9.10. The Morgan fingerprint density at radius 1 is 1.04 bits per heavy atom. The number of methoxy groups -OCH3 is 1. The smallest absolute Gasteiger partial charge is 0.270 e. The number of hydrogen-bond donors (Lipinski definition) is 1. The molecule has 1 aromatic heterocycles. The highest BCUT2D eigenvalue weighted by atomic mass is 16.5. The van der Waals surface area contributed by atoms with Gasteiger partial charge in [-0.25, -0.2) is 4.68 Å². The fraction of sp³-hybridized carbons (Fsp3) is 0.273. The SMILES string of the molecule is COc1ccc(-c2cc(C(=O)NC(C)C(C)C)n(-c3ccccc3)n2)cc1. The van der Waals surface area contributed by atoms with Gasteiger partial charge >= 0.3 is 0 Å². The molecule has 1 N–H and O–H groups in total. The molecule has 27 heavy (non-hydrogen) atoms. The van der Waals surface area contributed by atoms with Crippen molar-refractivity contribution in [2.24, 2.45) is 5.92 Å². The van der Waals surface area contributed by atoms with E-state index >= 15 is 0 Å². The van der Waals surface area contributed by atoms with Gasteiger partial charge in [0.2, 0.25) is 0 Å². The fourth-order valence-corrected chi connectivity index (χ4v) is 2.66. The van der Waals surface area contributed by atoms with Crippen LogP contribution in [0.5, 0.6) is 5.75 Å². The molecule has 0 aliphatic heterocycles. The van der Waals surface area contributed by atoms with E-state index in [0.717, 1.165) is 22.7 Å². The zero-order valence-corrected chi connectivity index (χ0v) is 16.1. The van der Waals surface area contributed by atoms with E-state index in [0.29, 0.717) is 11.6 Å². The lowest BCUT2D eigenvalue weighted by atomic mass is 10.1. The summed E-state index contributed by atoms with van der Waals surface area (Å²) in [6.07, 6.45) is 0. The average molecular weight is 363 g/mol. The van der Waals surface area contributed by atoms with E-state index in [1.807, 2.05) is 67.6 Å². The molecule has 0 bridgehead atoms. The summed E-state index contributed by atoms with van der Waals surface area (Å²) in [6, 6.07) is 19.2. The molecule has 5 heteroatoms. The third kappa shape index (κ3) is 4.19. The molecule has 1 amide bonds. The molecule has 0 radical (unpaired) electrons. The molecule has 140 valence electrons. The van der Waals surface area contributed by atoms with E-state index in [1.54, 1.807) is 11.8 Å². The zero-order valence-electron chi connectivity index (χ0n) is 16.1. The van der Waals surface area contributed by atoms with Gasteiger partial charge in [-0.1, -0.05) is 32.0 Å². The number of ether oxygens (including phenoxy) is 1. The second-order valence-electron chi connectivity index (χ2n) is 6.90. The number of amides is 1. The summed E-state index contributed by atoms with van der Waals surface area (Å²) < 4.78 is 6.91.